The highest BCUT2D eigenvalue weighted by Crippen LogP contribution is 2.39. The predicted molar refractivity (Wildman–Crippen MR) is 91.8 cm³/mol. The molecular weight excluding hydrogens is 362 g/mol. The lowest BCUT2D eigenvalue weighted by molar-refractivity contribution is -0.117. The van der Waals surface area contributed by atoms with Crippen LogP contribution in [0.25, 0.3) is 5.82 Å². The number of rotatable bonds is 6. The molecule has 0 bridgehead atoms. The second kappa shape index (κ2) is 6.60. The van der Waals surface area contributed by atoms with Gasteiger partial charge in [0.25, 0.3) is 6.43 Å². The van der Waals surface area contributed by atoms with Crippen LogP contribution < -0.4 is 5.32 Å². The molecule has 0 spiro atoms. The Hall–Kier alpha value is -2.62. The van der Waals surface area contributed by atoms with E-state index in [4.69, 9.17) is 0 Å². The highest BCUT2D eigenvalue weighted by Gasteiger charge is 2.26. The number of nitrogens with one attached hydrogen (secondary N) is 2. The molecule has 1 atom stereocenters. The minimum atomic E-state index is -2.61. The molecule has 10 heteroatoms. The average molecular weight is 378 g/mol. The zero-order valence-corrected chi connectivity index (χ0v) is 14.6. The molecule has 1 aliphatic rings. The smallest absolute Gasteiger partial charge is 0.289 e. The van der Waals surface area contributed by atoms with E-state index in [9.17, 15) is 13.6 Å². The van der Waals surface area contributed by atoms with Crippen LogP contribution >= 0.6 is 11.3 Å². The molecule has 1 aliphatic carbocycles. The number of nitrogens with zero attached hydrogens (tertiary/aromatic N) is 4. The molecule has 0 unspecified atom stereocenters. The number of halogens is 2. The largest absolute Gasteiger partial charge is 0.309 e. The Morgan fingerprint density at radius 1 is 1.46 bits per heavy atom. The lowest BCUT2D eigenvalue weighted by atomic mass is 10.0. The van der Waals surface area contributed by atoms with Crippen LogP contribution in [-0.2, 0) is 4.79 Å². The topological polar surface area (TPSA) is 88.5 Å². The van der Waals surface area contributed by atoms with Crippen molar-refractivity contribution in [3.63, 3.8) is 0 Å². The highest BCUT2D eigenvalue weighted by atomic mass is 32.1. The molecule has 7 nitrogen and oxygen atoms in total. The van der Waals surface area contributed by atoms with E-state index in [0.717, 1.165) is 29.9 Å². The number of thiazole rings is 1. The van der Waals surface area contributed by atoms with E-state index in [0.29, 0.717) is 23.1 Å². The van der Waals surface area contributed by atoms with Crippen molar-refractivity contribution in [3.8, 4) is 5.82 Å². The predicted octanol–water partition coefficient (Wildman–Crippen LogP) is 3.61. The highest BCUT2D eigenvalue weighted by molar-refractivity contribution is 7.09. The second-order valence-corrected chi connectivity index (χ2v) is 7.15. The Morgan fingerprint density at radius 2 is 2.27 bits per heavy atom. The van der Waals surface area contributed by atoms with Gasteiger partial charge in [-0.05, 0) is 19.8 Å². The number of anilines is 1. The molecule has 0 aromatic carbocycles. The number of hydrogen-bond donors (Lipinski definition) is 2. The Morgan fingerprint density at radius 3 is 2.96 bits per heavy atom. The minimum Gasteiger partial charge on any atom is -0.309 e. The Labute approximate surface area is 151 Å². The Balaban J connectivity index is 1.44. The van der Waals surface area contributed by atoms with Crippen molar-refractivity contribution in [1.29, 1.82) is 0 Å². The molecule has 0 aliphatic heterocycles. The standard InChI is InChI=1S/C16H16F2N6OS/c1-8(15(25)20-12-4-11(22-23-12)9-2-3-9)10-5-19-24(6-10)13-7-26-16(21-13)14(17)18/h4-9,14H,2-3H2,1H3,(H2,20,22,23,25)/t8-/m0/s1. The zero-order chi connectivity index (χ0) is 18.3. The van der Waals surface area contributed by atoms with E-state index < -0.39 is 12.3 Å². The normalized spacial score (nSPS) is 15.4. The third-order valence-corrected chi connectivity index (χ3v) is 5.13. The van der Waals surface area contributed by atoms with E-state index >= 15 is 0 Å². The first kappa shape index (κ1) is 16.8. The third-order valence-electron chi connectivity index (χ3n) is 4.29. The lowest BCUT2D eigenvalue weighted by Gasteiger charge is -2.08. The van der Waals surface area contributed by atoms with Crippen molar-refractivity contribution in [2.24, 2.45) is 0 Å². The van der Waals surface area contributed by atoms with Crippen molar-refractivity contribution < 1.29 is 13.6 Å². The van der Waals surface area contributed by atoms with Crippen molar-refractivity contribution in [1.82, 2.24) is 25.0 Å². The van der Waals surface area contributed by atoms with E-state index in [1.807, 2.05) is 6.07 Å². The van der Waals surface area contributed by atoms with E-state index in [1.165, 1.54) is 16.3 Å². The maximum absolute atomic E-state index is 12.7. The molecule has 1 saturated carbocycles. The number of carbonyl (C=O) groups is 1. The summed E-state index contributed by atoms with van der Waals surface area (Å²) < 4.78 is 26.7. The summed E-state index contributed by atoms with van der Waals surface area (Å²) in [6.07, 6.45) is 2.84. The molecule has 3 heterocycles. The number of H-pyrrole nitrogens is 1. The van der Waals surface area contributed by atoms with Gasteiger partial charge in [-0.25, -0.2) is 18.4 Å². The molecular formula is C16H16F2N6OS. The molecule has 26 heavy (non-hydrogen) atoms. The molecule has 136 valence electrons. The third kappa shape index (κ3) is 3.36. The zero-order valence-electron chi connectivity index (χ0n) is 13.8. The fraction of sp³-hybridized carbons (Fsp3) is 0.375. The second-order valence-electron chi connectivity index (χ2n) is 6.26. The fourth-order valence-electron chi connectivity index (χ4n) is 2.56. The van der Waals surface area contributed by atoms with Crippen LogP contribution in [0.15, 0.2) is 23.8 Å². The monoisotopic (exact) mass is 378 g/mol. The van der Waals surface area contributed by atoms with Crippen LogP contribution in [0.3, 0.4) is 0 Å². The van der Waals surface area contributed by atoms with Crippen LogP contribution in [0.2, 0.25) is 0 Å². The number of alkyl halides is 2. The molecule has 1 fully saturated rings. The molecule has 0 radical (unpaired) electrons. The SMILES string of the molecule is C[C@H](C(=O)Nc1cc(C2CC2)[nH]n1)c1cnn(-c2csc(C(F)F)n2)c1. The van der Waals surface area contributed by atoms with Gasteiger partial charge in [0.1, 0.15) is 0 Å². The van der Waals surface area contributed by atoms with Gasteiger partial charge in [0, 0.05) is 34.8 Å². The van der Waals surface area contributed by atoms with Crippen molar-refractivity contribution in [2.75, 3.05) is 5.32 Å². The van der Waals surface area contributed by atoms with Gasteiger partial charge in [0.05, 0.1) is 12.1 Å². The van der Waals surface area contributed by atoms with Gasteiger partial charge >= 0.3 is 0 Å². The van der Waals surface area contributed by atoms with Gasteiger partial charge in [-0.3, -0.25) is 9.89 Å². The van der Waals surface area contributed by atoms with Crippen molar-refractivity contribution in [3.05, 3.63) is 40.1 Å². The minimum absolute atomic E-state index is 0.218. The number of hydrogen-bond acceptors (Lipinski definition) is 5. The number of carbonyl (C=O) groups excluding carboxylic acids is 1. The van der Waals surface area contributed by atoms with Crippen LogP contribution in [0, 0.1) is 0 Å². The van der Waals surface area contributed by atoms with Crippen molar-refractivity contribution >= 4 is 23.1 Å². The maximum Gasteiger partial charge on any atom is 0.289 e. The van der Waals surface area contributed by atoms with E-state index in [-0.39, 0.29) is 10.9 Å². The van der Waals surface area contributed by atoms with Gasteiger partial charge < -0.3 is 5.32 Å². The van der Waals surface area contributed by atoms with Gasteiger partial charge in [-0.1, -0.05) is 0 Å². The first-order chi connectivity index (χ1) is 12.5. The molecule has 1 amide bonds. The van der Waals surface area contributed by atoms with E-state index in [2.05, 4.69) is 25.6 Å². The van der Waals surface area contributed by atoms with Crippen molar-refractivity contribution in [2.45, 2.75) is 38.0 Å². The summed E-state index contributed by atoms with van der Waals surface area (Å²) in [7, 11) is 0. The number of aromatic amines is 1. The summed E-state index contributed by atoms with van der Waals surface area (Å²) in [5, 5.41) is 15.2. The van der Waals surface area contributed by atoms with Gasteiger partial charge in [-0.2, -0.15) is 10.2 Å². The average Bonchev–Trinajstić information content (AvgIpc) is 3.06. The molecule has 4 rings (SSSR count). The summed E-state index contributed by atoms with van der Waals surface area (Å²) in [6.45, 7) is 1.75. The van der Waals surface area contributed by atoms with Gasteiger partial charge in [0.2, 0.25) is 5.91 Å². The number of amides is 1. The van der Waals surface area contributed by atoms with E-state index in [1.54, 1.807) is 13.1 Å². The first-order valence-corrected chi connectivity index (χ1v) is 9.04. The van der Waals surface area contributed by atoms with Crippen LogP contribution in [0.1, 0.15) is 54.3 Å². The first-order valence-electron chi connectivity index (χ1n) is 8.16. The molecule has 3 aromatic heterocycles. The van der Waals surface area contributed by atoms with Crippen LogP contribution in [0.5, 0.6) is 0 Å². The molecule has 0 saturated heterocycles. The summed E-state index contributed by atoms with van der Waals surface area (Å²) in [5.41, 5.74) is 1.70. The fourth-order valence-corrected chi connectivity index (χ4v) is 3.20. The summed E-state index contributed by atoms with van der Waals surface area (Å²) in [5.74, 6) is 0.644. The van der Waals surface area contributed by atoms with Gasteiger partial charge in [0.15, 0.2) is 16.6 Å². The quantitative estimate of drug-likeness (QED) is 0.686. The summed E-state index contributed by atoms with van der Waals surface area (Å²) in [4.78, 5) is 16.3. The summed E-state index contributed by atoms with van der Waals surface area (Å²) >= 11 is 0.875. The number of aromatic nitrogens is 5. The Kier molecular flexibility index (Phi) is 4.27. The van der Waals surface area contributed by atoms with Crippen LogP contribution in [-0.4, -0.2) is 30.9 Å². The maximum atomic E-state index is 12.7. The summed E-state index contributed by atoms with van der Waals surface area (Å²) in [6, 6.07) is 1.85. The molecule has 2 N–H and O–H groups in total. The lowest BCUT2D eigenvalue weighted by Crippen LogP contribution is -2.18. The van der Waals surface area contributed by atoms with Crippen LogP contribution in [0.4, 0.5) is 14.6 Å². The molecule has 3 aromatic rings. The Bertz CT molecular complexity index is 929. The van der Waals surface area contributed by atoms with Gasteiger partial charge in [-0.15, -0.1) is 11.3 Å².